The second-order valence-corrected chi connectivity index (χ2v) is 7.55. The third kappa shape index (κ3) is 3.09. The molecule has 0 radical (unpaired) electrons. The number of nitrogens with two attached hydrogens (primary N) is 1. The van der Waals surface area contributed by atoms with E-state index in [9.17, 15) is 8.42 Å². The van der Waals surface area contributed by atoms with Crippen molar-refractivity contribution in [3.8, 4) is 0 Å². The van der Waals surface area contributed by atoms with Gasteiger partial charge in [-0.1, -0.05) is 25.8 Å². The highest BCUT2D eigenvalue weighted by molar-refractivity contribution is 7.89. The van der Waals surface area contributed by atoms with Gasteiger partial charge in [0.1, 0.15) is 0 Å². The molecule has 4 nitrogen and oxygen atoms in total. The molecule has 2 rings (SSSR count). The topological polar surface area (TPSA) is 72.2 Å². The van der Waals surface area contributed by atoms with Gasteiger partial charge in [-0.15, -0.1) is 0 Å². The summed E-state index contributed by atoms with van der Waals surface area (Å²) in [5.74, 6) is 0. The molecule has 1 aliphatic rings. The smallest absolute Gasteiger partial charge is 0.240 e. The Hall–Kier alpha value is -1.07. The second-order valence-electron chi connectivity index (χ2n) is 5.81. The van der Waals surface area contributed by atoms with Crippen LogP contribution in [0.25, 0.3) is 0 Å². The number of nitrogens with one attached hydrogen (secondary N) is 1. The molecule has 0 aliphatic heterocycles. The summed E-state index contributed by atoms with van der Waals surface area (Å²) >= 11 is 0. The Morgan fingerprint density at radius 2 is 1.95 bits per heavy atom. The number of rotatable bonds is 4. The first-order chi connectivity index (χ1) is 8.84. The fourth-order valence-electron chi connectivity index (χ4n) is 2.67. The second kappa shape index (κ2) is 5.13. The van der Waals surface area contributed by atoms with Gasteiger partial charge in [-0.25, -0.2) is 13.1 Å². The molecule has 1 aliphatic carbocycles. The maximum atomic E-state index is 12.3. The van der Waals surface area contributed by atoms with Gasteiger partial charge < -0.3 is 5.73 Å². The molecule has 106 valence electrons. The summed E-state index contributed by atoms with van der Waals surface area (Å²) in [4.78, 5) is 0.286. The molecule has 0 amide bonds. The van der Waals surface area contributed by atoms with Gasteiger partial charge in [0.2, 0.25) is 10.0 Å². The van der Waals surface area contributed by atoms with Crippen LogP contribution in [0.15, 0.2) is 23.1 Å². The standard InChI is InChI=1S/C14H22N2O2S/c1-11-12(15)6-5-7-13(11)19(17,18)16-10-14(2)8-3-4-9-14/h5-7,16H,3-4,8-10,15H2,1-2H3. The Bertz CT molecular complexity index is 561. The van der Waals surface area contributed by atoms with Crippen molar-refractivity contribution in [2.75, 3.05) is 12.3 Å². The molecule has 5 heteroatoms. The van der Waals surface area contributed by atoms with Crippen LogP contribution < -0.4 is 10.5 Å². The predicted molar refractivity (Wildman–Crippen MR) is 77.4 cm³/mol. The SMILES string of the molecule is Cc1c(N)cccc1S(=O)(=O)NCC1(C)CCCC1. The van der Waals surface area contributed by atoms with Crippen LogP contribution in [0.2, 0.25) is 0 Å². The molecular weight excluding hydrogens is 260 g/mol. The average molecular weight is 282 g/mol. The summed E-state index contributed by atoms with van der Waals surface area (Å²) < 4.78 is 27.4. The lowest BCUT2D eigenvalue weighted by atomic mass is 9.89. The zero-order valence-electron chi connectivity index (χ0n) is 11.6. The van der Waals surface area contributed by atoms with Crippen molar-refractivity contribution in [3.63, 3.8) is 0 Å². The zero-order chi connectivity index (χ0) is 14.1. The third-order valence-corrected chi connectivity index (χ3v) is 5.66. The lowest BCUT2D eigenvalue weighted by molar-refractivity contribution is 0.336. The molecule has 1 saturated carbocycles. The minimum atomic E-state index is -3.47. The summed E-state index contributed by atoms with van der Waals surface area (Å²) in [6.45, 7) is 4.39. The van der Waals surface area contributed by atoms with Crippen LogP contribution >= 0.6 is 0 Å². The molecular formula is C14H22N2O2S. The highest BCUT2D eigenvalue weighted by Gasteiger charge is 2.30. The molecule has 0 aromatic heterocycles. The molecule has 0 spiro atoms. The molecule has 3 N–H and O–H groups in total. The largest absolute Gasteiger partial charge is 0.398 e. The molecule has 1 aromatic carbocycles. The van der Waals surface area contributed by atoms with Crippen molar-refractivity contribution in [1.29, 1.82) is 0 Å². The Morgan fingerprint density at radius 3 is 2.58 bits per heavy atom. The monoisotopic (exact) mass is 282 g/mol. The van der Waals surface area contributed by atoms with Gasteiger partial charge in [0.15, 0.2) is 0 Å². The lowest BCUT2D eigenvalue weighted by Crippen LogP contribution is -2.34. The predicted octanol–water partition coefficient (Wildman–Crippen LogP) is 2.44. The van der Waals surface area contributed by atoms with E-state index in [0.29, 0.717) is 17.8 Å². The number of benzene rings is 1. The van der Waals surface area contributed by atoms with Gasteiger partial charge >= 0.3 is 0 Å². The first-order valence-electron chi connectivity index (χ1n) is 6.69. The van der Waals surface area contributed by atoms with Crippen LogP contribution in [-0.2, 0) is 10.0 Å². The van der Waals surface area contributed by atoms with E-state index in [1.54, 1.807) is 25.1 Å². The van der Waals surface area contributed by atoms with E-state index in [1.165, 1.54) is 12.8 Å². The molecule has 0 unspecified atom stereocenters. The quantitative estimate of drug-likeness (QED) is 0.833. The highest BCUT2D eigenvalue weighted by atomic mass is 32.2. The minimum Gasteiger partial charge on any atom is -0.398 e. The van der Waals surface area contributed by atoms with Gasteiger partial charge in [-0.3, -0.25) is 0 Å². The molecule has 0 heterocycles. The fourth-order valence-corrected chi connectivity index (χ4v) is 4.15. The maximum absolute atomic E-state index is 12.3. The third-order valence-electron chi connectivity index (χ3n) is 4.12. The van der Waals surface area contributed by atoms with Crippen LogP contribution in [-0.4, -0.2) is 15.0 Å². The normalized spacial score (nSPS) is 18.6. The van der Waals surface area contributed by atoms with E-state index in [2.05, 4.69) is 11.6 Å². The summed E-state index contributed by atoms with van der Waals surface area (Å²) in [5, 5.41) is 0. The zero-order valence-corrected chi connectivity index (χ0v) is 12.4. The van der Waals surface area contributed by atoms with Crippen LogP contribution in [0.1, 0.15) is 38.2 Å². The first-order valence-corrected chi connectivity index (χ1v) is 8.17. The number of hydrogen-bond donors (Lipinski definition) is 2. The van der Waals surface area contributed by atoms with Crippen molar-refractivity contribution in [2.45, 2.75) is 44.4 Å². The van der Waals surface area contributed by atoms with Gasteiger partial charge in [0, 0.05) is 12.2 Å². The van der Waals surface area contributed by atoms with Gasteiger partial charge in [-0.05, 0) is 42.9 Å². The van der Waals surface area contributed by atoms with Crippen molar-refractivity contribution < 1.29 is 8.42 Å². The number of anilines is 1. The van der Waals surface area contributed by atoms with Crippen LogP contribution in [0, 0.1) is 12.3 Å². The van der Waals surface area contributed by atoms with Crippen LogP contribution in [0.5, 0.6) is 0 Å². The number of nitrogen functional groups attached to an aromatic ring is 1. The number of sulfonamides is 1. The lowest BCUT2D eigenvalue weighted by Gasteiger charge is -2.24. The van der Waals surface area contributed by atoms with Crippen molar-refractivity contribution in [2.24, 2.45) is 5.41 Å². The van der Waals surface area contributed by atoms with E-state index < -0.39 is 10.0 Å². The summed E-state index contributed by atoms with van der Waals surface area (Å²) in [6.07, 6.45) is 4.56. The van der Waals surface area contributed by atoms with E-state index in [1.807, 2.05) is 0 Å². The Morgan fingerprint density at radius 1 is 1.32 bits per heavy atom. The van der Waals surface area contributed by atoms with Crippen molar-refractivity contribution in [1.82, 2.24) is 4.72 Å². The summed E-state index contributed by atoms with van der Waals surface area (Å²) in [5.41, 5.74) is 6.99. The maximum Gasteiger partial charge on any atom is 0.240 e. The van der Waals surface area contributed by atoms with E-state index in [4.69, 9.17) is 5.73 Å². The summed E-state index contributed by atoms with van der Waals surface area (Å²) in [6, 6.07) is 4.99. The molecule has 1 fully saturated rings. The fraction of sp³-hybridized carbons (Fsp3) is 0.571. The number of hydrogen-bond acceptors (Lipinski definition) is 3. The Labute approximate surface area is 115 Å². The van der Waals surface area contributed by atoms with Crippen molar-refractivity contribution in [3.05, 3.63) is 23.8 Å². The Kier molecular flexibility index (Phi) is 3.87. The summed E-state index contributed by atoms with van der Waals surface area (Å²) in [7, 11) is -3.47. The van der Waals surface area contributed by atoms with Gasteiger partial charge in [-0.2, -0.15) is 0 Å². The van der Waals surface area contributed by atoms with Gasteiger partial charge in [0.05, 0.1) is 4.90 Å². The molecule has 1 aromatic rings. The molecule has 0 saturated heterocycles. The first kappa shape index (κ1) is 14.3. The van der Waals surface area contributed by atoms with Crippen LogP contribution in [0.3, 0.4) is 0 Å². The average Bonchev–Trinajstić information content (AvgIpc) is 2.78. The van der Waals surface area contributed by atoms with Crippen LogP contribution in [0.4, 0.5) is 5.69 Å². The Balaban J connectivity index is 2.16. The molecule has 0 atom stereocenters. The van der Waals surface area contributed by atoms with Gasteiger partial charge in [0.25, 0.3) is 0 Å². The van der Waals surface area contributed by atoms with E-state index in [-0.39, 0.29) is 10.3 Å². The van der Waals surface area contributed by atoms with Crippen molar-refractivity contribution >= 4 is 15.7 Å². The van der Waals surface area contributed by atoms with E-state index >= 15 is 0 Å². The highest BCUT2D eigenvalue weighted by Crippen LogP contribution is 2.37. The molecule has 19 heavy (non-hydrogen) atoms. The minimum absolute atomic E-state index is 0.0985. The molecule has 0 bridgehead atoms. The van der Waals surface area contributed by atoms with E-state index in [0.717, 1.165) is 12.8 Å².